The Bertz CT molecular complexity index is 840. The van der Waals surface area contributed by atoms with Crippen molar-refractivity contribution in [2.75, 3.05) is 13.1 Å². The SMILES string of the molecule is C=CCN(CC=C)C(=O)c1ccc(-n2nc(C)c(CCC(=O)O)c2C)cc1. The maximum Gasteiger partial charge on any atom is 0.303 e. The number of aromatic nitrogens is 2. The van der Waals surface area contributed by atoms with E-state index in [-0.39, 0.29) is 12.3 Å². The zero-order valence-corrected chi connectivity index (χ0v) is 15.8. The lowest BCUT2D eigenvalue weighted by molar-refractivity contribution is -0.136. The minimum atomic E-state index is -0.826. The number of hydrogen-bond acceptors (Lipinski definition) is 3. The Morgan fingerprint density at radius 3 is 2.26 bits per heavy atom. The van der Waals surface area contributed by atoms with Gasteiger partial charge in [-0.05, 0) is 50.1 Å². The standard InChI is InChI=1S/C21H25N3O3/c1-5-13-23(14-6-2)21(27)17-7-9-18(10-8-17)24-16(4)19(15(3)22-24)11-12-20(25)26/h5-10H,1-2,11-14H2,3-4H3,(H,25,26). The predicted octanol–water partition coefficient (Wildman–Crippen LogP) is 3.32. The first-order chi connectivity index (χ1) is 12.9. The highest BCUT2D eigenvalue weighted by Gasteiger charge is 2.16. The Hall–Kier alpha value is -3.15. The van der Waals surface area contributed by atoms with Crippen LogP contribution >= 0.6 is 0 Å². The van der Waals surface area contributed by atoms with Crippen LogP contribution in [0.1, 0.15) is 33.7 Å². The first-order valence-electron chi connectivity index (χ1n) is 8.77. The molecule has 1 N–H and O–H groups in total. The number of carbonyl (C=O) groups excluding carboxylic acids is 1. The number of hydrogen-bond donors (Lipinski definition) is 1. The van der Waals surface area contributed by atoms with E-state index in [1.807, 2.05) is 26.0 Å². The van der Waals surface area contributed by atoms with Crippen LogP contribution in [-0.4, -0.2) is 44.8 Å². The molecule has 1 aromatic heterocycles. The van der Waals surface area contributed by atoms with Crippen LogP contribution in [0.2, 0.25) is 0 Å². The van der Waals surface area contributed by atoms with Gasteiger partial charge in [-0.3, -0.25) is 9.59 Å². The molecule has 0 radical (unpaired) electrons. The van der Waals surface area contributed by atoms with Gasteiger partial charge in [0.1, 0.15) is 0 Å². The zero-order chi connectivity index (χ0) is 20.0. The minimum absolute atomic E-state index is 0.0727. The quantitative estimate of drug-likeness (QED) is 0.690. The van der Waals surface area contributed by atoms with Gasteiger partial charge in [0.25, 0.3) is 5.91 Å². The van der Waals surface area contributed by atoms with Crippen LogP contribution in [0.25, 0.3) is 5.69 Å². The lowest BCUT2D eigenvalue weighted by atomic mass is 10.1. The third-order valence-electron chi connectivity index (χ3n) is 4.38. The van der Waals surface area contributed by atoms with Gasteiger partial charge in [-0.2, -0.15) is 5.10 Å². The Morgan fingerprint density at radius 2 is 1.74 bits per heavy atom. The van der Waals surface area contributed by atoms with Gasteiger partial charge in [0.2, 0.25) is 0 Å². The van der Waals surface area contributed by atoms with E-state index in [1.165, 1.54) is 0 Å². The molecule has 6 heteroatoms. The molecule has 0 atom stereocenters. The summed E-state index contributed by atoms with van der Waals surface area (Å²) in [5.41, 5.74) is 4.08. The largest absolute Gasteiger partial charge is 0.481 e. The molecule has 0 fully saturated rings. The van der Waals surface area contributed by atoms with Crippen molar-refractivity contribution in [2.45, 2.75) is 26.7 Å². The van der Waals surface area contributed by atoms with Gasteiger partial charge in [-0.15, -0.1) is 13.2 Å². The van der Waals surface area contributed by atoms with Crippen LogP contribution in [0.5, 0.6) is 0 Å². The third-order valence-corrected chi connectivity index (χ3v) is 4.38. The molecule has 0 unspecified atom stereocenters. The highest BCUT2D eigenvalue weighted by Crippen LogP contribution is 2.20. The van der Waals surface area contributed by atoms with E-state index in [9.17, 15) is 9.59 Å². The van der Waals surface area contributed by atoms with Crippen molar-refractivity contribution in [2.24, 2.45) is 0 Å². The van der Waals surface area contributed by atoms with Crippen LogP contribution in [0, 0.1) is 13.8 Å². The summed E-state index contributed by atoms with van der Waals surface area (Å²) in [6, 6.07) is 7.22. The molecule has 0 spiro atoms. The van der Waals surface area contributed by atoms with Crippen LogP contribution in [0.3, 0.4) is 0 Å². The molecule has 1 heterocycles. The van der Waals surface area contributed by atoms with Crippen molar-refractivity contribution in [1.29, 1.82) is 0 Å². The molecule has 27 heavy (non-hydrogen) atoms. The maximum atomic E-state index is 12.6. The fourth-order valence-electron chi connectivity index (χ4n) is 3.00. The van der Waals surface area contributed by atoms with E-state index < -0.39 is 5.97 Å². The molecule has 2 rings (SSSR count). The molecule has 142 valence electrons. The highest BCUT2D eigenvalue weighted by atomic mass is 16.4. The van der Waals surface area contributed by atoms with Gasteiger partial charge >= 0.3 is 5.97 Å². The van der Waals surface area contributed by atoms with E-state index in [0.29, 0.717) is 25.1 Å². The van der Waals surface area contributed by atoms with Crippen LogP contribution < -0.4 is 0 Å². The second kappa shape index (κ2) is 8.98. The molecule has 0 saturated heterocycles. The van der Waals surface area contributed by atoms with Gasteiger partial charge in [0, 0.05) is 30.8 Å². The molecule has 1 aromatic carbocycles. The average molecular weight is 367 g/mol. The number of carbonyl (C=O) groups is 2. The zero-order valence-electron chi connectivity index (χ0n) is 15.8. The van der Waals surface area contributed by atoms with Gasteiger partial charge in [-0.25, -0.2) is 4.68 Å². The fourth-order valence-corrected chi connectivity index (χ4v) is 3.00. The smallest absolute Gasteiger partial charge is 0.303 e. The summed E-state index contributed by atoms with van der Waals surface area (Å²) in [5.74, 6) is -0.912. The number of rotatable bonds is 9. The average Bonchev–Trinajstić information content (AvgIpc) is 2.93. The molecule has 2 aromatic rings. The van der Waals surface area contributed by atoms with Crippen LogP contribution in [-0.2, 0) is 11.2 Å². The normalized spacial score (nSPS) is 10.4. The third kappa shape index (κ3) is 4.73. The second-order valence-electron chi connectivity index (χ2n) is 6.29. The predicted molar refractivity (Wildman–Crippen MR) is 105 cm³/mol. The molecule has 0 bridgehead atoms. The maximum absolute atomic E-state index is 12.6. The number of amides is 1. The molecule has 0 aliphatic heterocycles. The number of carboxylic acids is 1. The number of benzene rings is 1. The van der Waals surface area contributed by atoms with Crippen molar-refractivity contribution in [3.05, 3.63) is 72.1 Å². The molecule has 6 nitrogen and oxygen atoms in total. The molecule has 1 amide bonds. The monoisotopic (exact) mass is 367 g/mol. The van der Waals surface area contributed by atoms with Crippen molar-refractivity contribution < 1.29 is 14.7 Å². The Balaban J connectivity index is 2.26. The van der Waals surface area contributed by atoms with Crippen molar-refractivity contribution >= 4 is 11.9 Å². The van der Waals surface area contributed by atoms with Gasteiger partial charge in [0.05, 0.1) is 11.4 Å². The van der Waals surface area contributed by atoms with Crippen molar-refractivity contribution in [3.8, 4) is 5.69 Å². The van der Waals surface area contributed by atoms with E-state index >= 15 is 0 Å². The van der Waals surface area contributed by atoms with Crippen LogP contribution in [0.15, 0.2) is 49.6 Å². The van der Waals surface area contributed by atoms with Gasteiger partial charge < -0.3 is 10.0 Å². The summed E-state index contributed by atoms with van der Waals surface area (Å²) in [4.78, 5) is 25.1. The summed E-state index contributed by atoms with van der Waals surface area (Å²) >= 11 is 0. The fraction of sp³-hybridized carbons (Fsp3) is 0.286. The van der Waals surface area contributed by atoms with Crippen LogP contribution in [0.4, 0.5) is 0 Å². The number of carboxylic acid groups (broad SMARTS) is 1. The van der Waals surface area contributed by atoms with E-state index in [0.717, 1.165) is 22.6 Å². The van der Waals surface area contributed by atoms with Crippen molar-refractivity contribution in [1.82, 2.24) is 14.7 Å². The molecule has 0 aliphatic rings. The Kier molecular flexibility index (Phi) is 6.71. The lowest BCUT2D eigenvalue weighted by Gasteiger charge is -2.19. The minimum Gasteiger partial charge on any atom is -0.481 e. The number of aryl methyl sites for hydroxylation is 1. The summed E-state index contributed by atoms with van der Waals surface area (Å²) in [6.07, 6.45) is 3.89. The molecule has 0 saturated carbocycles. The summed E-state index contributed by atoms with van der Waals surface area (Å²) in [7, 11) is 0. The first kappa shape index (κ1) is 20.2. The van der Waals surface area contributed by atoms with E-state index in [1.54, 1.807) is 33.9 Å². The topological polar surface area (TPSA) is 75.4 Å². The summed E-state index contributed by atoms with van der Waals surface area (Å²) < 4.78 is 1.78. The molecular weight excluding hydrogens is 342 g/mol. The van der Waals surface area contributed by atoms with E-state index in [4.69, 9.17) is 5.11 Å². The lowest BCUT2D eigenvalue weighted by Crippen LogP contribution is -2.31. The number of aliphatic carboxylic acids is 1. The Labute approximate surface area is 159 Å². The highest BCUT2D eigenvalue weighted by molar-refractivity contribution is 5.94. The van der Waals surface area contributed by atoms with Gasteiger partial charge in [-0.1, -0.05) is 12.2 Å². The Morgan fingerprint density at radius 1 is 1.15 bits per heavy atom. The molecule has 0 aliphatic carbocycles. The van der Waals surface area contributed by atoms with E-state index in [2.05, 4.69) is 18.3 Å². The van der Waals surface area contributed by atoms with Crippen molar-refractivity contribution in [3.63, 3.8) is 0 Å². The molecular formula is C21H25N3O3. The van der Waals surface area contributed by atoms with Gasteiger partial charge in [0.15, 0.2) is 0 Å². The second-order valence-corrected chi connectivity index (χ2v) is 6.29. The summed E-state index contributed by atoms with van der Waals surface area (Å²) in [6.45, 7) is 12.1. The number of nitrogens with zero attached hydrogens (tertiary/aromatic N) is 3. The summed E-state index contributed by atoms with van der Waals surface area (Å²) in [5, 5.41) is 13.4. The first-order valence-corrected chi connectivity index (χ1v) is 8.77.